The number of imidazole rings is 1. The van der Waals surface area contributed by atoms with Gasteiger partial charge in [0.05, 0.1) is 11.0 Å². The summed E-state index contributed by atoms with van der Waals surface area (Å²) in [5, 5.41) is 3.08. The maximum atomic E-state index is 12.8. The van der Waals surface area contributed by atoms with Gasteiger partial charge >= 0.3 is 0 Å². The molecule has 2 aliphatic rings. The lowest BCUT2D eigenvalue weighted by Gasteiger charge is -2.33. The van der Waals surface area contributed by atoms with Crippen molar-refractivity contribution in [1.82, 2.24) is 19.4 Å². The summed E-state index contributed by atoms with van der Waals surface area (Å²) in [6.45, 7) is 3.72. The molecule has 0 N–H and O–H groups in total. The summed E-state index contributed by atoms with van der Waals surface area (Å²) in [6.07, 6.45) is 9.44. The lowest BCUT2D eigenvalue weighted by molar-refractivity contribution is 0.0672. The van der Waals surface area contributed by atoms with Gasteiger partial charge in [0.2, 0.25) is 0 Å². The molecule has 23 heavy (non-hydrogen) atoms. The summed E-state index contributed by atoms with van der Waals surface area (Å²) in [7, 11) is 0. The van der Waals surface area contributed by atoms with Gasteiger partial charge < -0.3 is 9.47 Å². The van der Waals surface area contributed by atoms with E-state index in [1.165, 1.54) is 12.8 Å². The highest BCUT2D eigenvalue weighted by molar-refractivity contribution is 7.10. The molecule has 1 aliphatic carbocycles. The third-order valence-corrected chi connectivity index (χ3v) is 5.82. The van der Waals surface area contributed by atoms with Crippen LogP contribution in [0.4, 0.5) is 0 Å². The Labute approximate surface area is 140 Å². The Hall–Kier alpha value is -1.69. The van der Waals surface area contributed by atoms with Crippen molar-refractivity contribution in [2.45, 2.75) is 51.0 Å². The fourth-order valence-electron chi connectivity index (χ4n) is 3.38. The smallest absolute Gasteiger partial charge is 0.273 e. The van der Waals surface area contributed by atoms with Crippen molar-refractivity contribution in [2.24, 2.45) is 0 Å². The Balaban J connectivity index is 1.48. The van der Waals surface area contributed by atoms with Crippen LogP contribution in [0.25, 0.3) is 0 Å². The lowest BCUT2D eigenvalue weighted by atomic mass is 10.0. The zero-order valence-corrected chi connectivity index (χ0v) is 14.3. The van der Waals surface area contributed by atoms with Crippen molar-refractivity contribution in [3.05, 3.63) is 34.3 Å². The number of rotatable bonds is 4. The van der Waals surface area contributed by atoms with Crippen LogP contribution in [0.15, 0.2) is 17.8 Å². The van der Waals surface area contributed by atoms with E-state index in [0.717, 1.165) is 43.2 Å². The summed E-state index contributed by atoms with van der Waals surface area (Å²) >= 11 is 1.64. The quantitative estimate of drug-likeness (QED) is 0.864. The van der Waals surface area contributed by atoms with Gasteiger partial charge in [0.1, 0.15) is 11.5 Å². The van der Waals surface area contributed by atoms with E-state index in [1.54, 1.807) is 11.3 Å². The molecule has 0 unspecified atom stereocenters. The van der Waals surface area contributed by atoms with Crippen LogP contribution in [0.5, 0.6) is 0 Å². The van der Waals surface area contributed by atoms with Gasteiger partial charge in [0.25, 0.3) is 5.91 Å². The standard InChI is InChI=1S/C17H22N4OS/c1-2-15-18-7-9-21(15)13-4-3-8-20(10-13)17(22)14-11-23-16(19-14)12-5-6-12/h7,9,11-13H,2-6,8,10H2,1H3/t13-/m1/s1. The molecule has 0 radical (unpaired) electrons. The minimum atomic E-state index is 0.0935. The number of hydrogen-bond acceptors (Lipinski definition) is 4. The molecule has 0 bridgehead atoms. The van der Waals surface area contributed by atoms with Gasteiger partial charge in [-0.2, -0.15) is 0 Å². The van der Waals surface area contributed by atoms with Gasteiger partial charge in [0.15, 0.2) is 0 Å². The van der Waals surface area contributed by atoms with Gasteiger partial charge in [-0.05, 0) is 25.7 Å². The third kappa shape index (κ3) is 2.92. The van der Waals surface area contributed by atoms with Crippen molar-refractivity contribution < 1.29 is 4.79 Å². The van der Waals surface area contributed by atoms with Gasteiger partial charge in [-0.3, -0.25) is 4.79 Å². The molecule has 1 amide bonds. The molecular weight excluding hydrogens is 308 g/mol. The number of hydrogen-bond donors (Lipinski definition) is 0. The Bertz CT molecular complexity index is 703. The first-order valence-corrected chi connectivity index (χ1v) is 9.40. The average molecular weight is 330 g/mol. The number of carbonyl (C=O) groups is 1. The first-order chi connectivity index (χ1) is 11.3. The molecule has 1 atom stereocenters. The number of nitrogens with zero attached hydrogens (tertiary/aromatic N) is 4. The molecule has 6 heteroatoms. The minimum Gasteiger partial charge on any atom is -0.335 e. The predicted molar refractivity (Wildman–Crippen MR) is 89.9 cm³/mol. The normalized spacial score (nSPS) is 21.6. The maximum absolute atomic E-state index is 12.8. The summed E-state index contributed by atoms with van der Waals surface area (Å²) < 4.78 is 2.25. The van der Waals surface area contributed by atoms with Gasteiger partial charge in [-0.15, -0.1) is 11.3 Å². The first kappa shape index (κ1) is 14.9. The van der Waals surface area contributed by atoms with Crippen LogP contribution < -0.4 is 0 Å². The second-order valence-electron chi connectivity index (χ2n) is 6.50. The van der Waals surface area contributed by atoms with E-state index in [1.807, 2.05) is 22.7 Å². The van der Waals surface area contributed by atoms with E-state index in [0.29, 0.717) is 17.7 Å². The van der Waals surface area contributed by atoms with Crippen LogP contribution in [0, 0.1) is 0 Å². The van der Waals surface area contributed by atoms with E-state index in [4.69, 9.17) is 0 Å². The summed E-state index contributed by atoms with van der Waals surface area (Å²) in [4.78, 5) is 23.7. The number of aromatic nitrogens is 3. The summed E-state index contributed by atoms with van der Waals surface area (Å²) in [6, 6.07) is 0.340. The molecule has 122 valence electrons. The molecule has 2 aromatic heterocycles. The molecule has 4 rings (SSSR count). The average Bonchev–Trinajstić information content (AvgIpc) is 3.14. The van der Waals surface area contributed by atoms with Crippen molar-refractivity contribution in [3.63, 3.8) is 0 Å². The van der Waals surface area contributed by atoms with E-state index >= 15 is 0 Å². The number of amides is 1. The third-order valence-electron chi connectivity index (χ3n) is 4.81. The van der Waals surface area contributed by atoms with Crippen molar-refractivity contribution in [3.8, 4) is 0 Å². The Kier molecular flexibility index (Phi) is 3.93. The van der Waals surface area contributed by atoms with Crippen LogP contribution in [0.2, 0.25) is 0 Å². The molecule has 1 saturated carbocycles. The van der Waals surface area contributed by atoms with Crippen LogP contribution in [-0.4, -0.2) is 38.4 Å². The zero-order valence-electron chi connectivity index (χ0n) is 13.4. The Morgan fingerprint density at radius 1 is 1.39 bits per heavy atom. The Morgan fingerprint density at radius 2 is 2.26 bits per heavy atom. The van der Waals surface area contributed by atoms with Crippen molar-refractivity contribution in [2.75, 3.05) is 13.1 Å². The van der Waals surface area contributed by atoms with Gasteiger partial charge in [-0.25, -0.2) is 9.97 Å². The maximum Gasteiger partial charge on any atom is 0.273 e. The molecular formula is C17H22N4OS. The molecule has 1 aliphatic heterocycles. The summed E-state index contributed by atoms with van der Waals surface area (Å²) in [5.41, 5.74) is 0.638. The minimum absolute atomic E-state index is 0.0935. The Morgan fingerprint density at radius 3 is 3.04 bits per heavy atom. The number of piperidine rings is 1. The molecule has 0 spiro atoms. The predicted octanol–water partition coefficient (Wildman–Crippen LogP) is 3.26. The van der Waals surface area contributed by atoms with Crippen LogP contribution in [-0.2, 0) is 6.42 Å². The topological polar surface area (TPSA) is 51.0 Å². The van der Waals surface area contributed by atoms with Gasteiger partial charge in [-0.1, -0.05) is 6.92 Å². The molecule has 5 nitrogen and oxygen atoms in total. The van der Waals surface area contributed by atoms with Crippen LogP contribution in [0.3, 0.4) is 0 Å². The summed E-state index contributed by atoms with van der Waals surface area (Å²) in [5.74, 6) is 1.82. The second-order valence-corrected chi connectivity index (χ2v) is 7.39. The fourth-order valence-corrected chi connectivity index (χ4v) is 4.35. The molecule has 1 saturated heterocycles. The molecule has 2 fully saturated rings. The van der Waals surface area contributed by atoms with Crippen LogP contribution in [0.1, 0.15) is 65.9 Å². The zero-order chi connectivity index (χ0) is 15.8. The highest BCUT2D eigenvalue weighted by Crippen LogP contribution is 2.41. The van der Waals surface area contributed by atoms with E-state index in [-0.39, 0.29) is 5.91 Å². The van der Waals surface area contributed by atoms with Crippen LogP contribution >= 0.6 is 11.3 Å². The number of thiazole rings is 1. The van der Waals surface area contributed by atoms with E-state index in [9.17, 15) is 4.79 Å². The molecule has 3 heterocycles. The number of aryl methyl sites for hydroxylation is 1. The molecule has 2 aromatic rings. The van der Waals surface area contributed by atoms with E-state index < -0.39 is 0 Å². The first-order valence-electron chi connectivity index (χ1n) is 8.52. The monoisotopic (exact) mass is 330 g/mol. The highest BCUT2D eigenvalue weighted by atomic mass is 32.1. The number of carbonyl (C=O) groups excluding carboxylic acids is 1. The van der Waals surface area contributed by atoms with Crippen molar-refractivity contribution >= 4 is 17.2 Å². The largest absolute Gasteiger partial charge is 0.335 e. The molecule has 0 aromatic carbocycles. The SMILES string of the molecule is CCc1nccn1[C@@H]1CCCN(C(=O)c2csc(C3CC3)n2)C1. The van der Waals surface area contributed by atoms with E-state index in [2.05, 4.69) is 21.5 Å². The van der Waals surface area contributed by atoms with Gasteiger partial charge in [0, 0.05) is 43.2 Å². The van der Waals surface area contributed by atoms with Crippen molar-refractivity contribution in [1.29, 1.82) is 0 Å². The number of likely N-dealkylation sites (tertiary alicyclic amines) is 1. The lowest BCUT2D eigenvalue weighted by Crippen LogP contribution is -2.41. The highest BCUT2D eigenvalue weighted by Gasteiger charge is 2.30. The fraction of sp³-hybridized carbons (Fsp3) is 0.588. The second kappa shape index (κ2) is 6.07.